The predicted molar refractivity (Wildman–Crippen MR) is 118 cm³/mol. The number of morpholine rings is 1. The molecule has 170 valence electrons. The van der Waals surface area contributed by atoms with Gasteiger partial charge in [-0.25, -0.2) is 8.78 Å². The van der Waals surface area contributed by atoms with Gasteiger partial charge in [-0.15, -0.1) is 0 Å². The molecule has 6 nitrogen and oxygen atoms in total. The van der Waals surface area contributed by atoms with E-state index in [0.29, 0.717) is 69.0 Å². The minimum absolute atomic E-state index is 0.137. The van der Waals surface area contributed by atoms with Crippen LogP contribution in [0, 0.1) is 17.6 Å². The van der Waals surface area contributed by atoms with Gasteiger partial charge in [-0.2, -0.15) is 0 Å². The van der Waals surface area contributed by atoms with Crippen LogP contribution in [-0.4, -0.2) is 56.1 Å². The number of nitrogens with zero attached hydrogens (tertiary/aromatic N) is 2. The minimum Gasteiger partial charge on any atom is -0.378 e. The first kappa shape index (κ1) is 22.5. The first-order valence-electron chi connectivity index (χ1n) is 10.6. The molecule has 2 aromatic rings. The van der Waals surface area contributed by atoms with Gasteiger partial charge in [-0.3, -0.25) is 9.59 Å². The third-order valence-electron chi connectivity index (χ3n) is 5.89. The number of nitrogens with one attached hydrogen (secondary N) is 1. The molecule has 1 N–H and O–H groups in total. The lowest BCUT2D eigenvalue weighted by atomic mass is 9.95. The number of ether oxygens (including phenoxy) is 1. The first-order valence-corrected chi connectivity index (χ1v) is 11.0. The predicted octanol–water partition coefficient (Wildman–Crippen LogP) is 3.95. The molecule has 9 heteroatoms. The van der Waals surface area contributed by atoms with Crippen molar-refractivity contribution in [3.05, 3.63) is 58.6 Å². The summed E-state index contributed by atoms with van der Waals surface area (Å²) < 4.78 is 32.5. The molecule has 32 heavy (non-hydrogen) atoms. The summed E-state index contributed by atoms with van der Waals surface area (Å²) >= 11 is 6.43. The molecular weight excluding hydrogens is 440 g/mol. The number of para-hydroxylation sites is 1. The molecule has 0 unspecified atom stereocenters. The number of anilines is 2. The van der Waals surface area contributed by atoms with E-state index in [1.807, 2.05) is 6.07 Å². The Labute approximate surface area is 190 Å². The second-order valence-corrected chi connectivity index (χ2v) is 8.32. The molecule has 2 fully saturated rings. The second kappa shape index (κ2) is 9.83. The summed E-state index contributed by atoms with van der Waals surface area (Å²) in [6.07, 6.45) is 0.904. The third-order valence-corrected chi connectivity index (χ3v) is 6.19. The van der Waals surface area contributed by atoms with Gasteiger partial charge >= 0.3 is 0 Å². The van der Waals surface area contributed by atoms with Crippen molar-refractivity contribution in [3.8, 4) is 0 Å². The van der Waals surface area contributed by atoms with Crippen molar-refractivity contribution < 1.29 is 23.1 Å². The maximum atomic E-state index is 14.0. The minimum atomic E-state index is -0.883. The standard InChI is InChI=1S/C23H24ClF2N3O3/c24-18-2-1-3-20(21(18)28-10-12-32-13-11-28)27-22(30)15-6-8-29(9-7-15)23(31)17-5-4-16(25)14-19(17)26/h1-5,14-15H,6-13H2,(H,27,30). The van der Waals surface area contributed by atoms with Crippen molar-refractivity contribution in [2.75, 3.05) is 49.6 Å². The largest absolute Gasteiger partial charge is 0.378 e. The summed E-state index contributed by atoms with van der Waals surface area (Å²) in [4.78, 5) is 29.1. The average Bonchev–Trinajstić information content (AvgIpc) is 2.79. The van der Waals surface area contributed by atoms with Crippen molar-refractivity contribution in [1.29, 1.82) is 0 Å². The van der Waals surface area contributed by atoms with E-state index in [9.17, 15) is 18.4 Å². The fourth-order valence-electron chi connectivity index (χ4n) is 4.14. The lowest BCUT2D eigenvalue weighted by Gasteiger charge is -2.33. The molecule has 2 saturated heterocycles. The summed E-state index contributed by atoms with van der Waals surface area (Å²) in [6.45, 7) is 3.21. The van der Waals surface area contributed by atoms with E-state index in [0.717, 1.165) is 17.8 Å². The number of carbonyl (C=O) groups excluding carboxylic acids is 2. The van der Waals surface area contributed by atoms with Gasteiger partial charge in [0.05, 0.1) is 35.2 Å². The quantitative estimate of drug-likeness (QED) is 0.746. The van der Waals surface area contributed by atoms with Crippen LogP contribution in [0.5, 0.6) is 0 Å². The molecule has 0 bridgehead atoms. The number of amides is 2. The maximum absolute atomic E-state index is 14.0. The van der Waals surface area contributed by atoms with Crippen LogP contribution in [0.15, 0.2) is 36.4 Å². The number of piperidine rings is 1. The lowest BCUT2D eigenvalue weighted by Crippen LogP contribution is -2.42. The fraction of sp³-hybridized carbons (Fsp3) is 0.391. The average molecular weight is 464 g/mol. The zero-order valence-corrected chi connectivity index (χ0v) is 18.2. The van der Waals surface area contributed by atoms with Crippen molar-refractivity contribution in [1.82, 2.24) is 4.90 Å². The Kier molecular flexibility index (Phi) is 6.91. The van der Waals surface area contributed by atoms with E-state index < -0.39 is 17.5 Å². The van der Waals surface area contributed by atoms with Gasteiger partial charge in [0.2, 0.25) is 5.91 Å². The molecule has 0 aliphatic carbocycles. The number of benzene rings is 2. The van der Waals surface area contributed by atoms with E-state index >= 15 is 0 Å². The zero-order chi connectivity index (χ0) is 22.7. The van der Waals surface area contributed by atoms with Gasteiger partial charge in [-0.1, -0.05) is 17.7 Å². The second-order valence-electron chi connectivity index (χ2n) is 7.92. The molecule has 2 aliphatic rings. The SMILES string of the molecule is O=C(Nc1cccc(Cl)c1N1CCOCC1)C1CCN(C(=O)c2ccc(F)cc2F)CC1. The Balaban J connectivity index is 1.39. The summed E-state index contributed by atoms with van der Waals surface area (Å²) in [6, 6.07) is 8.32. The van der Waals surface area contributed by atoms with Gasteiger partial charge in [0.1, 0.15) is 11.6 Å². The molecule has 0 radical (unpaired) electrons. The fourth-order valence-corrected chi connectivity index (χ4v) is 4.43. The highest BCUT2D eigenvalue weighted by Crippen LogP contribution is 2.35. The monoisotopic (exact) mass is 463 g/mol. The van der Waals surface area contributed by atoms with Crippen LogP contribution in [0.25, 0.3) is 0 Å². The topological polar surface area (TPSA) is 61.9 Å². The third kappa shape index (κ3) is 4.86. The number of carbonyl (C=O) groups is 2. The Morgan fingerprint density at radius 1 is 1.03 bits per heavy atom. The molecular formula is C23H24ClF2N3O3. The van der Waals surface area contributed by atoms with Crippen molar-refractivity contribution >= 4 is 34.8 Å². The summed E-state index contributed by atoms with van der Waals surface area (Å²) in [5, 5.41) is 3.56. The summed E-state index contributed by atoms with van der Waals surface area (Å²) in [7, 11) is 0. The highest BCUT2D eigenvalue weighted by molar-refractivity contribution is 6.34. The molecule has 0 spiro atoms. The first-order chi connectivity index (χ1) is 15.4. The van der Waals surface area contributed by atoms with E-state index in [-0.39, 0.29) is 17.4 Å². The van der Waals surface area contributed by atoms with Gasteiger partial charge in [0, 0.05) is 38.2 Å². The van der Waals surface area contributed by atoms with Crippen LogP contribution in [0.3, 0.4) is 0 Å². The summed E-state index contributed by atoms with van der Waals surface area (Å²) in [5.74, 6) is -2.53. The van der Waals surface area contributed by atoms with Crippen molar-refractivity contribution in [2.45, 2.75) is 12.8 Å². The van der Waals surface area contributed by atoms with Crippen LogP contribution in [-0.2, 0) is 9.53 Å². The Bertz CT molecular complexity index is 1010. The highest BCUT2D eigenvalue weighted by Gasteiger charge is 2.30. The maximum Gasteiger partial charge on any atom is 0.256 e. The van der Waals surface area contributed by atoms with Gasteiger partial charge in [-0.05, 0) is 37.1 Å². The molecule has 2 aromatic carbocycles. The van der Waals surface area contributed by atoms with Crippen molar-refractivity contribution in [2.24, 2.45) is 5.92 Å². The van der Waals surface area contributed by atoms with Crippen molar-refractivity contribution in [3.63, 3.8) is 0 Å². The summed E-state index contributed by atoms with van der Waals surface area (Å²) in [5.41, 5.74) is 1.27. The normalized spacial score (nSPS) is 17.3. The Morgan fingerprint density at radius 3 is 2.44 bits per heavy atom. The number of hydrogen-bond acceptors (Lipinski definition) is 4. The van der Waals surface area contributed by atoms with E-state index in [2.05, 4.69) is 10.2 Å². The highest BCUT2D eigenvalue weighted by atomic mass is 35.5. The smallest absolute Gasteiger partial charge is 0.256 e. The molecule has 2 amide bonds. The molecule has 0 aromatic heterocycles. The van der Waals surface area contributed by atoms with Crippen LogP contribution in [0.4, 0.5) is 20.2 Å². The van der Waals surface area contributed by atoms with Crippen LogP contribution >= 0.6 is 11.6 Å². The van der Waals surface area contributed by atoms with Gasteiger partial charge in [0.15, 0.2) is 0 Å². The van der Waals surface area contributed by atoms with Gasteiger partial charge in [0.25, 0.3) is 5.91 Å². The van der Waals surface area contributed by atoms with E-state index in [4.69, 9.17) is 16.3 Å². The Hall–Kier alpha value is -2.71. The van der Waals surface area contributed by atoms with E-state index in [1.165, 1.54) is 4.90 Å². The molecule has 2 heterocycles. The number of likely N-dealkylation sites (tertiary alicyclic amines) is 1. The number of hydrogen-bond donors (Lipinski definition) is 1. The molecule has 0 saturated carbocycles. The van der Waals surface area contributed by atoms with E-state index in [1.54, 1.807) is 12.1 Å². The van der Waals surface area contributed by atoms with Crippen LogP contribution in [0.1, 0.15) is 23.2 Å². The Morgan fingerprint density at radius 2 is 1.75 bits per heavy atom. The molecule has 4 rings (SSSR count). The van der Waals surface area contributed by atoms with Crippen LogP contribution in [0.2, 0.25) is 5.02 Å². The number of halogens is 3. The molecule has 0 atom stereocenters. The van der Waals surface area contributed by atoms with Crippen LogP contribution < -0.4 is 10.2 Å². The van der Waals surface area contributed by atoms with Gasteiger partial charge < -0.3 is 19.9 Å². The lowest BCUT2D eigenvalue weighted by molar-refractivity contribution is -0.121. The zero-order valence-electron chi connectivity index (χ0n) is 17.5. The number of rotatable bonds is 4. The molecule has 2 aliphatic heterocycles.